The van der Waals surface area contributed by atoms with E-state index in [0.29, 0.717) is 12.4 Å². The first-order valence-electron chi connectivity index (χ1n) is 12.9. The quantitative estimate of drug-likeness (QED) is 0.129. The fourth-order valence-corrected chi connectivity index (χ4v) is 2.91. The largest absolute Gasteiger partial charge is 0.471 e. The SMILES string of the molecule is C=CC/C=C(\C=C/CC(C)CCC=C)N=C(c1ccccc1)c1ccccc1.CC.CC.COC=O. The van der Waals surface area contributed by atoms with Crippen molar-refractivity contribution in [1.29, 1.82) is 0 Å². The maximum absolute atomic E-state index is 8.95. The Bertz CT molecular complexity index is 839. The Morgan fingerprint density at radius 2 is 1.42 bits per heavy atom. The molecule has 0 aliphatic carbocycles. The number of hydrogen-bond acceptors (Lipinski definition) is 3. The molecule has 0 amide bonds. The minimum atomic E-state index is 0.375. The van der Waals surface area contributed by atoms with Crippen LogP contribution in [-0.4, -0.2) is 19.3 Å². The van der Waals surface area contributed by atoms with Crippen LogP contribution in [0.1, 0.15) is 71.4 Å². The molecule has 3 nitrogen and oxygen atoms in total. The molecule has 0 heterocycles. The van der Waals surface area contributed by atoms with E-state index in [1.807, 2.05) is 52.0 Å². The third-order valence-electron chi connectivity index (χ3n) is 4.62. The fourth-order valence-electron chi connectivity index (χ4n) is 2.91. The van der Waals surface area contributed by atoms with Crippen LogP contribution in [0.25, 0.3) is 0 Å². The fraction of sp³-hybridized carbons (Fsp3) is 0.333. The first-order chi connectivity index (χ1) is 17.7. The molecule has 196 valence electrons. The Kier molecular flexibility index (Phi) is 25.2. The van der Waals surface area contributed by atoms with Crippen LogP contribution >= 0.6 is 0 Å². The van der Waals surface area contributed by atoms with Crippen molar-refractivity contribution >= 4 is 12.2 Å². The summed E-state index contributed by atoms with van der Waals surface area (Å²) in [7, 11) is 1.31. The van der Waals surface area contributed by atoms with Crippen LogP contribution in [0.2, 0.25) is 0 Å². The zero-order valence-electron chi connectivity index (χ0n) is 23.3. The molecule has 0 aromatic heterocycles. The number of methoxy groups -OCH3 is 1. The highest BCUT2D eigenvalue weighted by molar-refractivity contribution is 6.13. The van der Waals surface area contributed by atoms with Crippen LogP contribution in [0.15, 0.2) is 115 Å². The lowest BCUT2D eigenvalue weighted by Crippen LogP contribution is -2.03. The van der Waals surface area contributed by atoms with Crippen molar-refractivity contribution in [2.45, 2.75) is 60.3 Å². The summed E-state index contributed by atoms with van der Waals surface area (Å²) >= 11 is 0. The summed E-state index contributed by atoms with van der Waals surface area (Å²) < 4.78 is 3.86. The van der Waals surface area contributed by atoms with Crippen molar-refractivity contribution in [3.63, 3.8) is 0 Å². The second kappa shape index (κ2) is 26.2. The number of allylic oxidation sites excluding steroid dienone is 5. The molecule has 0 aliphatic rings. The van der Waals surface area contributed by atoms with E-state index in [4.69, 9.17) is 9.79 Å². The van der Waals surface area contributed by atoms with Gasteiger partial charge in [0.15, 0.2) is 0 Å². The smallest absolute Gasteiger partial charge is 0.292 e. The highest BCUT2D eigenvalue weighted by Gasteiger charge is 2.07. The maximum Gasteiger partial charge on any atom is 0.292 e. The van der Waals surface area contributed by atoms with Gasteiger partial charge in [0.05, 0.1) is 18.5 Å². The molecule has 1 atom stereocenters. The van der Waals surface area contributed by atoms with Gasteiger partial charge >= 0.3 is 0 Å². The van der Waals surface area contributed by atoms with E-state index in [1.54, 1.807) is 0 Å². The molecule has 1 unspecified atom stereocenters. The molecule has 0 N–H and O–H groups in total. The lowest BCUT2D eigenvalue weighted by Gasteiger charge is -2.09. The van der Waals surface area contributed by atoms with E-state index >= 15 is 0 Å². The summed E-state index contributed by atoms with van der Waals surface area (Å²) in [6, 6.07) is 20.7. The second-order valence-corrected chi connectivity index (χ2v) is 7.29. The molecule has 2 aromatic carbocycles. The van der Waals surface area contributed by atoms with Crippen LogP contribution in [0.5, 0.6) is 0 Å². The van der Waals surface area contributed by atoms with Gasteiger partial charge in [0.1, 0.15) is 0 Å². The van der Waals surface area contributed by atoms with Crippen molar-refractivity contribution in [2.75, 3.05) is 7.11 Å². The van der Waals surface area contributed by atoms with Gasteiger partial charge in [-0.3, -0.25) is 4.79 Å². The minimum absolute atomic E-state index is 0.375. The third kappa shape index (κ3) is 17.0. The molecule has 0 saturated heterocycles. The van der Waals surface area contributed by atoms with Gasteiger partial charge in [-0.05, 0) is 37.7 Å². The van der Waals surface area contributed by atoms with Crippen LogP contribution in [-0.2, 0) is 9.53 Å². The van der Waals surface area contributed by atoms with Crippen molar-refractivity contribution in [3.05, 3.63) is 121 Å². The van der Waals surface area contributed by atoms with Crippen molar-refractivity contribution in [2.24, 2.45) is 10.9 Å². The van der Waals surface area contributed by atoms with E-state index in [2.05, 4.69) is 91.6 Å². The predicted octanol–water partition coefficient (Wildman–Crippen LogP) is 9.37. The maximum atomic E-state index is 8.95. The van der Waals surface area contributed by atoms with E-state index in [1.165, 1.54) is 13.5 Å². The third-order valence-corrected chi connectivity index (χ3v) is 4.62. The van der Waals surface area contributed by atoms with Crippen molar-refractivity contribution in [3.8, 4) is 0 Å². The topological polar surface area (TPSA) is 38.7 Å². The van der Waals surface area contributed by atoms with Gasteiger partial charge in [-0.25, -0.2) is 4.99 Å². The number of aliphatic imine (C=N–C) groups is 1. The first kappa shape index (κ1) is 34.7. The molecule has 0 fully saturated rings. The Labute approximate surface area is 221 Å². The molecule has 0 bridgehead atoms. The lowest BCUT2D eigenvalue weighted by molar-refractivity contribution is -0.126. The Hall–Kier alpha value is -3.46. The summed E-state index contributed by atoms with van der Waals surface area (Å²) in [6.07, 6.45) is 14.5. The predicted molar refractivity (Wildman–Crippen MR) is 160 cm³/mol. The highest BCUT2D eigenvalue weighted by Crippen LogP contribution is 2.16. The van der Waals surface area contributed by atoms with Crippen molar-refractivity contribution < 1.29 is 9.53 Å². The Morgan fingerprint density at radius 1 is 0.917 bits per heavy atom. The molecule has 2 aromatic rings. The summed E-state index contributed by atoms with van der Waals surface area (Å²) in [5, 5.41) is 0. The van der Waals surface area contributed by atoms with Gasteiger partial charge in [-0.2, -0.15) is 0 Å². The van der Waals surface area contributed by atoms with E-state index in [0.717, 1.165) is 41.8 Å². The Morgan fingerprint density at radius 3 is 1.83 bits per heavy atom. The zero-order valence-corrected chi connectivity index (χ0v) is 23.3. The molecular formula is C33H47NO2. The number of nitrogens with zero attached hydrogens (tertiary/aromatic N) is 1. The van der Waals surface area contributed by atoms with Gasteiger partial charge < -0.3 is 4.74 Å². The number of hydrogen-bond donors (Lipinski definition) is 0. The van der Waals surface area contributed by atoms with Gasteiger partial charge in [-0.15, -0.1) is 13.2 Å². The number of ether oxygens (including phenoxy) is 1. The number of carbonyl (C=O) groups excluding carboxylic acids is 1. The van der Waals surface area contributed by atoms with E-state index in [-0.39, 0.29) is 0 Å². The number of carbonyl (C=O) groups is 1. The first-order valence-corrected chi connectivity index (χ1v) is 12.9. The summed E-state index contributed by atoms with van der Waals surface area (Å²) in [4.78, 5) is 14.0. The lowest BCUT2D eigenvalue weighted by atomic mass is 10.0. The minimum Gasteiger partial charge on any atom is -0.471 e. The summed E-state index contributed by atoms with van der Waals surface area (Å²) in [6.45, 7) is 18.3. The highest BCUT2D eigenvalue weighted by atomic mass is 16.5. The van der Waals surface area contributed by atoms with E-state index < -0.39 is 0 Å². The molecule has 36 heavy (non-hydrogen) atoms. The molecular weight excluding hydrogens is 442 g/mol. The van der Waals surface area contributed by atoms with Crippen molar-refractivity contribution in [1.82, 2.24) is 0 Å². The normalized spacial score (nSPS) is 10.7. The van der Waals surface area contributed by atoms with Crippen LogP contribution in [0.4, 0.5) is 0 Å². The zero-order chi connectivity index (χ0) is 27.4. The van der Waals surface area contributed by atoms with Gasteiger partial charge in [0.25, 0.3) is 6.47 Å². The number of benzene rings is 2. The monoisotopic (exact) mass is 489 g/mol. The van der Waals surface area contributed by atoms with Crippen LogP contribution in [0.3, 0.4) is 0 Å². The Balaban J connectivity index is 0. The van der Waals surface area contributed by atoms with E-state index in [9.17, 15) is 0 Å². The van der Waals surface area contributed by atoms with Crippen LogP contribution in [0, 0.1) is 5.92 Å². The molecule has 2 rings (SSSR count). The molecule has 0 radical (unpaired) electrons. The van der Waals surface area contributed by atoms with Crippen LogP contribution < -0.4 is 0 Å². The molecule has 3 heteroatoms. The second-order valence-electron chi connectivity index (χ2n) is 7.29. The summed E-state index contributed by atoms with van der Waals surface area (Å²) in [5.41, 5.74) is 4.19. The van der Waals surface area contributed by atoms with Gasteiger partial charge in [0.2, 0.25) is 0 Å². The number of rotatable bonds is 12. The average molecular weight is 490 g/mol. The average Bonchev–Trinajstić information content (AvgIpc) is 2.96. The van der Waals surface area contributed by atoms with Gasteiger partial charge in [0, 0.05) is 11.1 Å². The van der Waals surface area contributed by atoms with Gasteiger partial charge in [-0.1, -0.05) is 120 Å². The molecule has 0 saturated carbocycles. The summed E-state index contributed by atoms with van der Waals surface area (Å²) in [5.74, 6) is 0.640. The molecule has 0 aliphatic heterocycles. The standard InChI is InChI=1S/C27H31N.C2H4O2.2C2H6/c1-4-6-15-23(3)16-14-22-26(21-7-5-2)28-27(24-17-10-8-11-18-24)25-19-12-9-13-20-25;1-4-2-3;2*1-2/h4-5,8-14,17-23H,1-2,6-7,15-16H2,3H3;2H,1H3;2*1-2H3/b22-14-,26-21+;;;. The molecule has 0 spiro atoms.